The lowest BCUT2D eigenvalue weighted by Crippen LogP contribution is -3.15. The van der Waals surface area contributed by atoms with Crippen LogP contribution in [0.5, 0.6) is 0 Å². The summed E-state index contributed by atoms with van der Waals surface area (Å²) in [7, 11) is 3.61. The van der Waals surface area contributed by atoms with Crippen LogP contribution in [0.4, 0.5) is 0 Å². The van der Waals surface area contributed by atoms with Crippen molar-refractivity contribution in [3.05, 3.63) is 35.9 Å². The van der Waals surface area contributed by atoms with Gasteiger partial charge in [0.2, 0.25) is 0 Å². The van der Waals surface area contributed by atoms with Gasteiger partial charge in [0.1, 0.15) is 0 Å². The van der Waals surface area contributed by atoms with Gasteiger partial charge in [-0.2, -0.15) is 0 Å². The van der Waals surface area contributed by atoms with Crippen LogP contribution in [0.2, 0.25) is 0 Å². The van der Waals surface area contributed by atoms with Gasteiger partial charge in [0.05, 0.1) is 26.2 Å². The first-order valence-electron chi connectivity index (χ1n) is 7.66. The molecular weight excluding hydrogens is 296 g/mol. The fourth-order valence-electron chi connectivity index (χ4n) is 2.46. The van der Waals surface area contributed by atoms with Crippen LogP contribution in [0.3, 0.4) is 0 Å². The van der Waals surface area contributed by atoms with E-state index in [2.05, 4.69) is 22.3 Å². The second-order valence-corrected chi connectivity index (χ2v) is 6.23. The third kappa shape index (κ3) is 4.96. The average Bonchev–Trinajstić information content (AvgIpc) is 2.54. The quantitative estimate of drug-likeness (QED) is 0.723. The Morgan fingerprint density at radius 2 is 1.91 bits per heavy atom. The second kappa shape index (κ2) is 8.10. The lowest BCUT2D eigenvalue weighted by molar-refractivity contribution is -0.896. The summed E-state index contributed by atoms with van der Waals surface area (Å²) in [5.74, 6) is 0.188. The van der Waals surface area contributed by atoms with Gasteiger partial charge in [-0.25, -0.2) is 0 Å². The number of thiocarbonyl (C=S) groups is 1. The molecule has 0 radical (unpaired) electrons. The first-order chi connectivity index (χ1) is 10.6. The molecule has 1 aromatic carbocycles. The summed E-state index contributed by atoms with van der Waals surface area (Å²) in [6.07, 6.45) is 0. The Balaban J connectivity index is 1.72. The summed E-state index contributed by atoms with van der Waals surface area (Å²) >= 11 is 5.47. The summed E-state index contributed by atoms with van der Waals surface area (Å²) in [5.41, 5.74) is 1.23. The number of piperazine rings is 1. The molecule has 0 spiro atoms. The molecule has 0 atom stereocenters. The Kier molecular flexibility index (Phi) is 6.15. The summed E-state index contributed by atoms with van der Waals surface area (Å²) in [6.45, 7) is 5.03. The van der Waals surface area contributed by atoms with Gasteiger partial charge in [-0.15, -0.1) is 0 Å². The normalized spacial score (nSPS) is 15.5. The molecule has 6 heteroatoms. The Morgan fingerprint density at radius 1 is 1.27 bits per heavy atom. The maximum atomic E-state index is 11.7. The minimum Gasteiger partial charge on any atom is -0.358 e. The van der Waals surface area contributed by atoms with Crippen LogP contribution in [-0.4, -0.2) is 67.6 Å². The largest absolute Gasteiger partial charge is 0.358 e. The van der Waals surface area contributed by atoms with Gasteiger partial charge in [0.15, 0.2) is 11.7 Å². The zero-order valence-corrected chi connectivity index (χ0v) is 14.2. The number of carbonyl (C=O) groups is 1. The predicted octanol–water partition coefficient (Wildman–Crippen LogP) is -0.650. The van der Waals surface area contributed by atoms with Gasteiger partial charge in [-0.05, 0) is 17.8 Å². The molecule has 120 valence electrons. The Hall–Kier alpha value is -1.66. The van der Waals surface area contributed by atoms with Crippen LogP contribution < -0.4 is 10.2 Å². The molecule has 0 unspecified atom stereocenters. The number of quaternary nitrogens is 1. The minimum atomic E-state index is 0.188. The molecule has 0 aliphatic carbocycles. The van der Waals surface area contributed by atoms with E-state index < -0.39 is 0 Å². The highest BCUT2D eigenvalue weighted by Crippen LogP contribution is 1.99. The molecule has 1 heterocycles. The lowest BCUT2D eigenvalue weighted by Gasteiger charge is -2.33. The van der Waals surface area contributed by atoms with E-state index in [1.54, 1.807) is 19.0 Å². The highest BCUT2D eigenvalue weighted by molar-refractivity contribution is 7.80. The number of nitrogens with zero attached hydrogens (tertiary/aromatic N) is 2. The van der Waals surface area contributed by atoms with Crippen molar-refractivity contribution in [1.82, 2.24) is 15.1 Å². The van der Waals surface area contributed by atoms with Crippen LogP contribution >= 0.6 is 12.2 Å². The number of rotatable bonds is 4. The molecule has 22 heavy (non-hydrogen) atoms. The zero-order chi connectivity index (χ0) is 15.9. The molecule has 5 nitrogen and oxygen atoms in total. The molecule has 2 rings (SSSR count). The van der Waals surface area contributed by atoms with Crippen molar-refractivity contribution in [2.24, 2.45) is 0 Å². The van der Waals surface area contributed by atoms with Gasteiger partial charge in [-0.1, -0.05) is 30.3 Å². The molecule has 0 aromatic heterocycles. The summed E-state index contributed by atoms with van der Waals surface area (Å²) in [5, 5.41) is 4.12. The summed E-state index contributed by atoms with van der Waals surface area (Å²) < 4.78 is 0. The first kappa shape index (κ1) is 16.7. The van der Waals surface area contributed by atoms with Crippen LogP contribution in [0, 0.1) is 0 Å². The topological polar surface area (TPSA) is 40.0 Å². The van der Waals surface area contributed by atoms with Crippen molar-refractivity contribution in [2.75, 3.05) is 46.8 Å². The first-order valence-corrected chi connectivity index (χ1v) is 8.07. The Labute approximate surface area is 137 Å². The molecule has 1 fully saturated rings. The number of carbonyl (C=O) groups excluding carboxylic acids is 1. The van der Waals surface area contributed by atoms with E-state index in [0.29, 0.717) is 6.54 Å². The smallest absolute Gasteiger partial charge is 0.277 e. The number of hydrogen-bond acceptors (Lipinski definition) is 2. The SMILES string of the molecule is CN(C)C(=O)C[NH+]1CCN(C(=S)NCc2ccccc2)CC1. The summed E-state index contributed by atoms with van der Waals surface area (Å²) in [6, 6.07) is 10.3. The van der Waals surface area contributed by atoms with Gasteiger partial charge in [-0.3, -0.25) is 4.79 Å². The van der Waals surface area contributed by atoms with Crippen molar-refractivity contribution >= 4 is 23.2 Å². The Morgan fingerprint density at radius 3 is 2.50 bits per heavy atom. The van der Waals surface area contributed by atoms with E-state index in [-0.39, 0.29) is 5.91 Å². The van der Waals surface area contributed by atoms with Crippen LogP contribution in [0.1, 0.15) is 5.56 Å². The van der Waals surface area contributed by atoms with E-state index in [1.165, 1.54) is 10.5 Å². The predicted molar refractivity (Wildman–Crippen MR) is 91.7 cm³/mol. The molecule has 2 N–H and O–H groups in total. The van der Waals surface area contributed by atoms with Crippen molar-refractivity contribution in [3.8, 4) is 0 Å². The number of benzene rings is 1. The lowest BCUT2D eigenvalue weighted by atomic mass is 10.2. The zero-order valence-electron chi connectivity index (χ0n) is 13.3. The van der Waals surface area contributed by atoms with E-state index in [9.17, 15) is 4.79 Å². The Bertz CT molecular complexity index is 498. The summed E-state index contributed by atoms with van der Waals surface area (Å²) in [4.78, 5) is 16.9. The molecule has 1 amide bonds. The fourth-order valence-corrected chi connectivity index (χ4v) is 2.71. The van der Waals surface area contributed by atoms with Gasteiger partial charge >= 0.3 is 0 Å². The van der Waals surface area contributed by atoms with Crippen molar-refractivity contribution in [1.29, 1.82) is 0 Å². The maximum absolute atomic E-state index is 11.7. The van der Waals surface area contributed by atoms with Gasteiger partial charge in [0, 0.05) is 20.6 Å². The second-order valence-electron chi connectivity index (χ2n) is 5.85. The monoisotopic (exact) mass is 321 g/mol. The van der Waals surface area contributed by atoms with Crippen LogP contribution in [-0.2, 0) is 11.3 Å². The molecule has 0 bridgehead atoms. The number of nitrogens with one attached hydrogen (secondary N) is 2. The van der Waals surface area contributed by atoms with E-state index in [4.69, 9.17) is 12.2 Å². The number of likely N-dealkylation sites (N-methyl/N-ethyl adjacent to an activating group) is 1. The molecule has 1 aliphatic rings. The number of hydrogen-bond donors (Lipinski definition) is 2. The van der Waals surface area contributed by atoms with E-state index >= 15 is 0 Å². The third-order valence-electron chi connectivity index (χ3n) is 3.94. The van der Waals surface area contributed by atoms with Crippen molar-refractivity contribution < 1.29 is 9.69 Å². The minimum absolute atomic E-state index is 0.188. The van der Waals surface area contributed by atoms with E-state index in [0.717, 1.165) is 37.8 Å². The van der Waals surface area contributed by atoms with Crippen LogP contribution in [0.25, 0.3) is 0 Å². The molecular formula is C16H25N4OS+. The highest BCUT2D eigenvalue weighted by atomic mass is 32.1. The highest BCUT2D eigenvalue weighted by Gasteiger charge is 2.23. The standard InChI is InChI=1S/C16H24N4OS/c1-18(2)15(21)13-19-8-10-20(11-9-19)16(22)17-12-14-6-4-3-5-7-14/h3-7H,8-13H2,1-2H3,(H,17,22)/p+1. The third-order valence-corrected chi connectivity index (χ3v) is 4.35. The van der Waals surface area contributed by atoms with Gasteiger partial charge in [0.25, 0.3) is 5.91 Å². The van der Waals surface area contributed by atoms with Crippen LogP contribution in [0.15, 0.2) is 30.3 Å². The van der Waals surface area contributed by atoms with E-state index in [1.807, 2.05) is 18.2 Å². The van der Waals surface area contributed by atoms with Crippen molar-refractivity contribution in [2.45, 2.75) is 6.54 Å². The van der Waals surface area contributed by atoms with Crippen molar-refractivity contribution in [3.63, 3.8) is 0 Å². The molecule has 1 aromatic rings. The fraction of sp³-hybridized carbons (Fsp3) is 0.500. The molecule has 1 saturated heterocycles. The molecule has 0 saturated carbocycles. The maximum Gasteiger partial charge on any atom is 0.277 e. The average molecular weight is 321 g/mol. The van der Waals surface area contributed by atoms with Gasteiger partial charge < -0.3 is 20.0 Å². The molecule has 1 aliphatic heterocycles. The number of amides is 1.